The summed E-state index contributed by atoms with van der Waals surface area (Å²) in [7, 11) is 0. The second-order valence-corrected chi connectivity index (χ2v) is 8.49. The molecule has 3 rings (SSSR count). The summed E-state index contributed by atoms with van der Waals surface area (Å²) < 4.78 is 6.11. The highest BCUT2D eigenvalue weighted by atomic mass is 79.9. The van der Waals surface area contributed by atoms with E-state index in [0.717, 1.165) is 14.9 Å². The van der Waals surface area contributed by atoms with Gasteiger partial charge in [-0.3, -0.25) is 4.79 Å². The van der Waals surface area contributed by atoms with Crippen LogP contribution in [0.3, 0.4) is 0 Å². The molecule has 0 unspecified atom stereocenters. The number of rotatable bonds is 6. The van der Waals surface area contributed by atoms with Gasteiger partial charge in [-0.1, -0.05) is 34.1 Å². The number of amides is 1. The van der Waals surface area contributed by atoms with E-state index in [1.54, 1.807) is 12.3 Å². The minimum atomic E-state index is -0.573. The molecule has 8 heteroatoms. The molecule has 0 atom stereocenters. The molecular formula is C21H15BrN2O3S2. The van der Waals surface area contributed by atoms with Gasteiger partial charge in [0.05, 0.1) is 6.61 Å². The molecule has 0 aliphatic heterocycles. The number of nitrogens with zero attached hydrogens (tertiary/aromatic N) is 1. The molecule has 0 saturated heterocycles. The molecule has 0 aliphatic carbocycles. The molecule has 1 N–H and O–H groups in total. The Kier molecular flexibility index (Phi) is 6.99. The third-order valence-electron chi connectivity index (χ3n) is 3.85. The van der Waals surface area contributed by atoms with Gasteiger partial charge >= 0.3 is 5.97 Å². The van der Waals surface area contributed by atoms with Gasteiger partial charge < -0.3 is 10.1 Å². The van der Waals surface area contributed by atoms with Crippen LogP contribution in [-0.2, 0) is 9.53 Å². The van der Waals surface area contributed by atoms with Crippen LogP contribution in [0, 0.1) is 11.3 Å². The van der Waals surface area contributed by atoms with Crippen LogP contribution in [-0.4, -0.2) is 18.5 Å². The van der Waals surface area contributed by atoms with E-state index in [2.05, 4.69) is 21.2 Å². The first-order valence-corrected chi connectivity index (χ1v) is 11.1. The van der Waals surface area contributed by atoms with Crippen LogP contribution >= 0.6 is 38.6 Å². The van der Waals surface area contributed by atoms with E-state index >= 15 is 0 Å². The van der Waals surface area contributed by atoms with Crippen LogP contribution in [0.4, 0.5) is 5.00 Å². The Hall–Kier alpha value is -2.73. The van der Waals surface area contributed by atoms with Gasteiger partial charge in [-0.15, -0.1) is 22.7 Å². The molecule has 5 nitrogen and oxygen atoms in total. The number of carbonyl (C=O) groups excluding carboxylic acids is 2. The average Bonchev–Trinajstić information content (AvgIpc) is 3.36. The van der Waals surface area contributed by atoms with E-state index in [1.165, 1.54) is 28.7 Å². The highest BCUT2D eigenvalue weighted by molar-refractivity contribution is 9.10. The van der Waals surface area contributed by atoms with Gasteiger partial charge in [0, 0.05) is 20.3 Å². The van der Waals surface area contributed by atoms with E-state index in [4.69, 9.17) is 4.74 Å². The summed E-state index contributed by atoms with van der Waals surface area (Å²) in [5.74, 6) is -1.10. The zero-order valence-electron chi connectivity index (χ0n) is 15.3. The number of anilines is 1. The van der Waals surface area contributed by atoms with Crippen LogP contribution < -0.4 is 5.32 Å². The maximum atomic E-state index is 12.6. The largest absolute Gasteiger partial charge is 0.462 e. The van der Waals surface area contributed by atoms with Crippen molar-refractivity contribution < 1.29 is 14.3 Å². The van der Waals surface area contributed by atoms with Gasteiger partial charge in [0.25, 0.3) is 5.91 Å². The van der Waals surface area contributed by atoms with Gasteiger partial charge in [0.1, 0.15) is 22.2 Å². The molecule has 1 amide bonds. The highest BCUT2D eigenvalue weighted by Gasteiger charge is 2.23. The molecule has 0 radical (unpaired) electrons. The minimum absolute atomic E-state index is 0.0409. The zero-order valence-corrected chi connectivity index (χ0v) is 18.5. The molecule has 1 aromatic carbocycles. The number of halogens is 1. The lowest BCUT2D eigenvalue weighted by Gasteiger charge is -2.08. The Balaban J connectivity index is 1.96. The Morgan fingerprint density at radius 1 is 1.24 bits per heavy atom. The zero-order chi connectivity index (χ0) is 20.8. The van der Waals surface area contributed by atoms with Gasteiger partial charge in [-0.05, 0) is 42.1 Å². The van der Waals surface area contributed by atoms with Gasteiger partial charge in [-0.25, -0.2) is 4.79 Å². The molecule has 0 saturated carbocycles. The molecule has 3 aromatic rings. The summed E-state index contributed by atoms with van der Waals surface area (Å²) >= 11 is 6.03. The summed E-state index contributed by atoms with van der Waals surface area (Å²) in [6.07, 6.45) is 1.52. The number of esters is 1. The second kappa shape index (κ2) is 9.65. The fraction of sp³-hybridized carbons (Fsp3) is 0.0952. The van der Waals surface area contributed by atoms with Crippen LogP contribution in [0.15, 0.2) is 57.2 Å². The maximum absolute atomic E-state index is 12.6. The summed E-state index contributed by atoms with van der Waals surface area (Å²) in [6, 6.07) is 13.1. The number of nitriles is 1. The molecule has 2 aromatic heterocycles. The number of thiophene rings is 2. The van der Waals surface area contributed by atoms with Gasteiger partial charge in [0.2, 0.25) is 0 Å². The number of carbonyl (C=O) groups is 2. The summed E-state index contributed by atoms with van der Waals surface area (Å²) in [6.45, 7) is 1.93. The predicted octanol–water partition coefficient (Wildman–Crippen LogP) is 5.96. The van der Waals surface area contributed by atoms with E-state index in [9.17, 15) is 14.9 Å². The van der Waals surface area contributed by atoms with Crippen molar-refractivity contribution in [1.82, 2.24) is 0 Å². The molecule has 0 spiro atoms. The molecular weight excluding hydrogens is 472 g/mol. The average molecular weight is 487 g/mol. The van der Waals surface area contributed by atoms with Crippen molar-refractivity contribution >= 4 is 61.6 Å². The molecule has 0 aliphatic rings. The van der Waals surface area contributed by atoms with Crippen LogP contribution in [0.25, 0.3) is 17.2 Å². The Morgan fingerprint density at radius 3 is 2.62 bits per heavy atom. The Morgan fingerprint density at radius 2 is 2.00 bits per heavy atom. The lowest BCUT2D eigenvalue weighted by Crippen LogP contribution is -2.16. The molecule has 29 heavy (non-hydrogen) atoms. The minimum Gasteiger partial charge on any atom is -0.462 e. The maximum Gasteiger partial charge on any atom is 0.341 e. The lowest BCUT2D eigenvalue weighted by molar-refractivity contribution is -0.112. The number of ether oxygens (including phenoxy) is 1. The number of hydrogen-bond acceptors (Lipinski definition) is 6. The van der Waals surface area contributed by atoms with Crippen LogP contribution in [0.2, 0.25) is 0 Å². The monoisotopic (exact) mass is 486 g/mol. The highest BCUT2D eigenvalue weighted by Crippen LogP contribution is 2.37. The molecule has 0 bridgehead atoms. The standard InChI is InChI=1S/C21H15BrN2O3S2/c1-2-27-21(26)18-17(13-5-7-15(22)8-6-13)12-29-20(18)24-19(25)14(11-23)10-16-4-3-9-28-16/h3-10,12H,2H2,1H3,(H,24,25)/b14-10+. The topological polar surface area (TPSA) is 79.2 Å². The van der Waals surface area contributed by atoms with Crippen molar-refractivity contribution in [3.8, 4) is 17.2 Å². The Bertz CT molecular complexity index is 1090. The van der Waals surface area contributed by atoms with Crippen LogP contribution in [0.1, 0.15) is 22.2 Å². The van der Waals surface area contributed by atoms with Crippen molar-refractivity contribution in [2.45, 2.75) is 6.92 Å². The van der Waals surface area contributed by atoms with Gasteiger partial charge in [0.15, 0.2) is 0 Å². The second-order valence-electron chi connectivity index (χ2n) is 5.72. The van der Waals surface area contributed by atoms with Gasteiger partial charge in [-0.2, -0.15) is 5.26 Å². The first-order valence-electron chi connectivity index (χ1n) is 8.54. The third-order valence-corrected chi connectivity index (χ3v) is 6.09. The molecule has 0 fully saturated rings. The quantitative estimate of drug-likeness (QED) is 0.264. The van der Waals surface area contributed by atoms with Crippen molar-refractivity contribution in [3.63, 3.8) is 0 Å². The number of nitrogens with one attached hydrogen (secondary N) is 1. The molecule has 2 heterocycles. The van der Waals surface area contributed by atoms with E-state index in [1.807, 2.05) is 47.8 Å². The first kappa shape index (κ1) is 21.0. The van der Waals surface area contributed by atoms with E-state index in [0.29, 0.717) is 10.6 Å². The Labute approximate surface area is 184 Å². The number of hydrogen-bond donors (Lipinski definition) is 1. The summed E-state index contributed by atoms with van der Waals surface area (Å²) in [5.41, 5.74) is 1.72. The first-order chi connectivity index (χ1) is 14.0. The van der Waals surface area contributed by atoms with E-state index < -0.39 is 11.9 Å². The smallest absolute Gasteiger partial charge is 0.341 e. The third kappa shape index (κ3) is 5.01. The lowest BCUT2D eigenvalue weighted by atomic mass is 10.0. The fourth-order valence-corrected chi connectivity index (χ4v) is 4.41. The SMILES string of the molecule is CCOC(=O)c1c(-c2ccc(Br)cc2)csc1NC(=O)/C(C#N)=C/c1cccs1. The number of benzene rings is 1. The predicted molar refractivity (Wildman–Crippen MR) is 120 cm³/mol. The fourth-order valence-electron chi connectivity index (χ4n) is 2.53. The molecule has 146 valence electrons. The summed E-state index contributed by atoms with van der Waals surface area (Å²) in [4.78, 5) is 26.1. The van der Waals surface area contributed by atoms with Crippen molar-refractivity contribution in [2.75, 3.05) is 11.9 Å². The van der Waals surface area contributed by atoms with Crippen LogP contribution in [0.5, 0.6) is 0 Å². The van der Waals surface area contributed by atoms with E-state index in [-0.39, 0.29) is 17.7 Å². The summed E-state index contributed by atoms with van der Waals surface area (Å²) in [5, 5.41) is 16.1. The van der Waals surface area contributed by atoms with Crippen molar-refractivity contribution in [1.29, 1.82) is 5.26 Å². The van der Waals surface area contributed by atoms with Crippen molar-refractivity contribution in [3.05, 3.63) is 67.6 Å². The van der Waals surface area contributed by atoms with Crippen molar-refractivity contribution in [2.24, 2.45) is 0 Å². The normalized spacial score (nSPS) is 11.0.